The minimum atomic E-state index is 0.0259. The maximum absolute atomic E-state index is 13.8. The van der Waals surface area contributed by atoms with Gasteiger partial charge in [0.15, 0.2) is 5.82 Å². The Bertz CT molecular complexity index is 1650. The van der Waals surface area contributed by atoms with Crippen molar-refractivity contribution in [2.75, 3.05) is 20.8 Å². The fraction of sp³-hybridized carbons (Fsp3) is 0.531. The van der Waals surface area contributed by atoms with Crippen molar-refractivity contribution in [2.45, 2.75) is 69.8 Å². The number of hydrogen-bond acceptors (Lipinski definition) is 6. The number of carbonyl (C=O) groups is 1. The Kier molecular flexibility index (Phi) is 5.90. The van der Waals surface area contributed by atoms with E-state index in [1.54, 1.807) is 14.2 Å². The minimum absolute atomic E-state index is 0.0259. The molecule has 3 atom stereocenters. The second kappa shape index (κ2) is 9.56. The fourth-order valence-electron chi connectivity index (χ4n) is 7.62. The number of ether oxygens (including phenoxy) is 2. The molecule has 0 radical (unpaired) electrons. The molecule has 0 spiro atoms. The molecule has 41 heavy (non-hydrogen) atoms. The summed E-state index contributed by atoms with van der Waals surface area (Å²) >= 11 is 0. The standard InChI is InChI=1S/C32H38N6O3/c1-40-23-10-19(11-23)16-38-29-24(12-22(14-27(29)41-2)32(39)37-17-21-7-8-25(37)28(21)33)35-31(38)26-13-20-4-3-9-34-30(20)36(26)15-18-5-6-18/h3-4,9,12-14,18-19,21,23,25,28H,5-8,10-11,15-17,33H2,1-2H3/t19-,21-,23+,25-,28-/m1/s1. The first-order valence-electron chi connectivity index (χ1n) is 15.1. The highest BCUT2D eigenvalue weighted by Crippen LogP contribution is 2.41. The van der Waals surface area contributed by atoms with E-state index in [1.807, 2.05) is 29.3 Å². The van der Waals surface area contributed by atoms with E-state index < -0.39 is 0 Å². The number of benzene rings is 1. The van der Waals surface area contributed by atoms with Crippen LogP contribution in [0.3, 0.4) is 0 Å². The van der Waals surface area contributed by atoms with Gasteiger partial charge in [0.05, 0.1) is 24.4 Å². The molecule has 9 nitrogen and oxygen atoms in total. The van der Waals surface area contributed by atoms with Crippen LogP contribution >= 0.6 is 0 Å². The monoisotopic (exact) mass is 554 g/mol. The van der Waals surface area contributed by atoms with E-state index in [1.165, 1.54) is 12.8 Å². The lowest BCUT2D eigenvalue weighted by Crippen LogP contribution is -2.41. The minimum Gasteiger partial charge on any atom is -0.494 e. The molecule has 1 amide bonds. The highest BCUT2D eigenvalue weighted by molar-refractivity contribution is 6.00. The number of piperidine rings is 1. The maximum atomic E-state index is 13.8. The van der Waals surface area contributed by atoms with Crippen LogP contribution < -0.4 is 10.5 Å². The summed E-state index contributed by atoms with van der Waals surface area (Å²) in [5.41, 5.74) is 10.9. The third-order valence-corrected chi connectivity index (χ3v) is 10.2. The zero-order valence-electron chi connectivity index (χ0n) is 23.8. The SMILES string of the molecule is COc1cc(C(=O)N2C[C@H]3CC[C@@H]2[C@@H]3N)cc2nc(-c3cc4cccnc4n3CC3CC3)n(C[C@H]3C[C@@H](OC)C3)c12. The molecule has 2 bridgehead atoms. The molecule has 3 aromatic heterocycles. The number of hydrogen-bond donors (Lipinski definition) is 1. The van der Waals surface area contributed by atoms with E-state index in [4.69, 9.17) is 25.2 Å². The number of rotatable bonds is 8. The van der Waals surface area contributed by atoms with Crippen LogP contribution in [0.5, 0.6) is 5.75 Å². The Morgan fingerprint density at radius 1 is 1.05 bits per heavy atom. The lowest BCUT2D eigenvalue weighted by Gasteiger charge is -2.34. The molecule has 4 fully saturated rings. The number of imidazole rings is 1. The Hall–Kier alpha value is -3.43. The lowest BCUT2D eigenvalue weighted by atomic mass is 9.82. The normalized spacial score (nSPS) is 27.2. The van der Waals surface area contributed by atoms with Crippen molar-refractivity contribution >= 4 is 28.0 Å². The Morgan fingerprint density at radius 3 is 2.59 bits per heavy atom. The molecule has 3 saturated carbocycles. The van der Waals surface area contributed by atoms with Crippen LogP contribution in [0.15, 0.2) is 36.5 Å². The van der Waals surface area contributed by atoms with Crippen LogP contribution in [0.2, 0.25) is 0 Å². The van der Waals surface area contributed by atoms with Crippen molar-refractivity contribution in [2.24, 2.45) is 23.5 Å². The van der Waals surface area contributed by atoms with Gasteiger partial charge in [0.2, 0.25) is 0 Å². The number of amides is 1. The number of carbonyl (C=O) groups excluding carboxylic acids is 1. The third kappa shape index (κ3) is 4.07. The van der Waals surface area contributed by atoms with E-state index in [0.717, 1.165) is 78.9 Å². The molecule has 4 heterocycles. The first-order chi connectivity index (χ1) is 20.0. The maximum Gasteiger partial charge on any atom is 0.254 e. The van der Waals surface area contributed by atoms with E-state index in [0.29, 0.717) is 35.2 Å². The first-order valence-corrected chi connectivity index (χ1v) is 15.1. The Balaban J connectivity index is 1.27. The van der Waals surface area contributed by atoms with Crippen LogP contribution in [-0.2, 0) is 17.8 Å². The van der Waals surface area contributed by atoms with Gasteiger partial charge in [-0.25, -0.2) is 9.97 Å². The molecule has 3 aliphatic carbocycles. The van der Waals surface area contributed by atoms with Gasteiger partial charge < -0.3 is 29.2 Å². The summed E-state index contributed by atoms with van der Waals surface area (Å²) in [6.07, 6.45) is 8.85. The molecule has 8 rings (SSSR count). The number of methoxy groups -OCH3 is 2. The van der Waals surface area contributed by atoms with Gasteiger partial charge in [-0.1, -0.05) is 0 Å². The first kappa shape index (κ1) is 25.3. The average Bonchev–Trinajstić information content (AvgIpc) is 3.32. The van der Waals surface area contributed by atoms with Gasteiger partial charge in [0, 0.05) is 56.0 Å². The summed E-state index contributed by atoms with van der Waals surface area (Å²) in [5, 5.41) is 1.12. The number of pyridine rings is 1. The van der Waals surface area contributed by atoms with Crippen molar-refractivity contribution in [3.8, 4) is 17.3 Å². The molecule has 4 aliphatic rings. The summed E-state index contributed by atoms with van der Waals surface area (Å²) < 4.78 is 16.3. The zero-order valence-corrected chi connectivity index (χ0v) is 23.8. The highest BCUT2D eigenvalue weighted by atomic mass is 16.5. The third-order valence-electron chi connectivity index (χ3n) is 10.2. The highest BCUT2D eigenvalue weighted by Gasteiger charge is 2.47. The molecule has 1 saturated heterocycles. The largest absolute Gasteiger partial charge is 0.494 e. The Labute approximate surface area is 239 Å². The van der Waals surface area contributed by atoms with Crippen molar-refractivity contribution in [3.63, 3.8) is 0 Å². The molecule has 214 valence electrons. The molecule has 1 aliphatic heterocycles. The van der Waals surface area contributed by atoms with Crippen LogP contribution in [0.4, 0.5) is 0 Å². The van der Waals surface area contributed by atoms with E-state index >= 15 is 0 Å². The summed E-state index contributed by atoms with van der Waals surface area (Å²) in [7, 11) is 3.48. The van der Waals surface area contributed by atoms with Gasteiger partial charge in [-0.15, -0.1) is 0 Å². The van der Waals surface area contributed by atoms with E-state index in [9.17, 15) is 4.79 Å². The molecular formula is C32H38N6O3. The number of fused-ring (bicyclic) bond motifs is 4. The summed E-state index contributed by atoms with van der Waals surface area (Å²) in [6.45, 7) is 2.49. The number of nitrogens with two attached hydrogens (primary N) is 1. The average molecular weight is 555 g/mol. The predicted molar refractivity (Wildman–Crippen MR) is 157 cm³/mol. The van der Waals surface area contributed by atoms with Gasteiger partial charge in [0.25, 0.3) is 5.91 Å². The van der Waals surface area contributed by atoms with Crippen LogP contribution in [0.1, 0.15) is 48.9 Å². The second-order valence-electron chi connectivity index (χ2n) is 12.7. The van der Waals surface area contributed by atoms with Crippen LogP contribution in [0, 0.1) is 17.8 Å². The van der Waals surface area contributed by atoms with Gasteiger partial charge in [-0.3, -0.25) is 4.79 Å². The number of likely N-dealkylation sites (tertiary alicyclic amines) is 1. The van der Waals surface area contributed by atoms with Crippen molar-refractivity contribution in [1.82, 2.24) is 24.0 Å². The van der Waals surface area contributed by atoms with Gasteiger partial charge in [0.1, 0.15) is 16.9 Å². The van der Waals surface area contributed by atoms with E-state index in [2.05, 4.69) is 21.3 Å². The quantitative estimate of drug-likeness (QED) is 0.345. The molecule has 4 aromatic rings. The van der Waals surface area contributed by atoms with Gasteiger partial charge in [-0.2, -0.15) is 0 Å². The summed E-state index contributed by atoms with van der Waals surface area (Å²) in [5.74, 6) is 3.19. The van der Waals surface area contributed by atoms with Crippen LogP contribution in [0.25, 0.3) is 33.6 Å². The summed E-state index contributed by atoms with van der Waals surface area (Å²) in [4.78, 5) is 25.8. The zero-order chi connectivity index (χ0) is 27.8. The smallest absolute Gasteiger partial charge is 0.254 e. The number of aromatic nitrogens is 4. The molecule has 9 heteroatoms. The fourth-order valence-corrected chi connectivity index (χ4v) is 7.62. The lowest BCUT2D eigenvalue weighted by molar-refractivity contribution is -0.00392. The molecule has 0 unspecified atom stereocenters. The van der Waals surface area contributed by atoms with Gasteiger partial charge >= 0.3 is 0 Å². The van der Waals surface area contributed by atoms with Gasteiger partial charge in [-0.05, 0) is 86.6 Å². The Morgan fingerprint density at radius 2 is 1.88 bits per heavy atom. The summed E-state index contributed by atoms with van der Waals surface area (Å²) in [6, 6.07) is 10.4. The molecule has 1 aromatic carbocycles. The molecule has 2 N–H and O–H groups in total. The van der Waals surface area contributed by atoms with Crippen molar-refractivity contribution < 1.29 is 14.3 Å². The second-order valence-corrected chi connectivity index (χ2v) is 12.7. The van der Waals surface area contributed by atoms with Crippen LogP contribution in [-0.4, -0.2) is 68.9 Å². The van der Waals surface area contributed by atoms with Crippen molar-refractivity contribution in [3.05, 3.63) is 42.1 Å². The topological polar surface area (TPSA) is 100 Å². The molecular weight excluding hydrogens is 516 g/mol. The predicted octanol–water partition coefficient (Wildman–Crippen LogP) is 4.46. The van der Waals surface area contributed by atoms with Crippen molar-refractivity contribution in [1.29, 1.82) is 0 Å². The van der Waals surface area contributed by atoms with E-state index in [-0.39, 0.29) is 18.0 Å². The number of nitrogens with zero attached hydrogens (tertiary/aromatic N) is 5.